The van der Waals surface area contributed by atoms with Gasteiger partial charge in [-0.3, -0.25) is 5.10 Å². The molecule has 5 nitrogen and oxygen atoms in total. The molecule has 1 aromatic heterocycles. The number of likely N-dealkylation sites (tertiary alicyclic amines) is 1. The highest BCUT2D eigenvalue weighted by atomic mass is 127. The van der Waals surface area contributed by atoms with Crippen molar-refractivity contribution in [2.75, 3.05) is 26.2 Å². The summed E-state index contributed by atoms with van der Waals surface area (Å²) < 4.78 is 5.61. The Morgan fingerprint density at radius 2 is 2.00 bits per heavy atom. The third-order valence-electron chi connectivity index (χ3n) is 4.54. The van der Waals surface area contributed by atoms with E-state index in [2.05, 4.69) is 15.1 Å². The molecule has 1 unspecified atom stereocenters. The summed E-state index contributed by atoms with van der Waals surface area (Å²) in [6.07, 6.45) is 5.66. The van der Waals surface area contributed by atoms with Crippen molar-refractivity contribution >= 4 is 35.6 Å². The van der Waals surface area contributed by atoms with Crippen molar-refractivity contribution in [2.24, 2.45) is 0 Å². The SMILES string of the molecule is I.OC(COCc1ccc(Cl)cc1)CN1CCC(c2cn[nH]c2)CC1. The van der Waals surface area contributed by atoms with Crippen LogP contribution in [0.1, 0.15) is 29.9 Å². The van der Waals surface area contributed by atoms with Crippen LogP contribution in [0, 0.1) is 0 Å². The first-order valence-electron chi connectivity index (χ1n) is 8.42. The molecule has 1 aromatic carbocycles. The minimum atomic E-state index is -0.456. The highest BCUT2D eigenvalue weighted by molar-refractivity contribution is 14.0. The molecule has 138 valence electrons. The van der Waals surface area contributed by atoms with E-state index in [-0.39, 0.29) is 24.0 Å². The Hall–Kier alpha value is -0.670. The van der Waals surface area contributed by atoms with Crippen LogP contribution in [0.25, 0.3) is 0 Å². The number of ether oxygens (including phenoxy) is 1. The topological polar surface area (TPSA) is 61.4 Å². The number of aromatic amines is 1. The Morgan fingerprint density at radius 3 is 2.64 bits per heavy atom. The van der Waals surface area contributed by atoms with E-state index >= 15 is 0 Å². The molecule has 25 heavy (non-hydrogen) atoms. The van der Waals surface area contributed by atoms with Gasteiger partial charge in [0.1, 0.15) is 0 Å². The molecule has 1 saturated heterocycles. The second-order valence-electron chi connectivity index (χ2n) is 6.40. The number of aliphatic hydroxyl groups is 1. The fraction of sp³-hybridized carbons (Fsp3) is 0.500. The van der Waals surface area contributed by atoms with Gasteiger partial charge in [-0.2, -0.15) is 5.10 Å². The molecule has 1 aliphatic rings. The number of rotatable bonds is 7. The number of nitrogens with one attached hydrogen (secondary N) is 1. The maximum atomic E-state index is 10.2. The zero-order valence-corrected chi connectivity index (χ0v) is 17.2. The number of aliphatic hydroxyl groups excluding tert-OH is 1. The Morgan fingerprint density at radius 1 is 1.28 bits per heavy atom. The van der Waals surface area contributed by atoms with Crippen LogP contribution in [0.2, 0.25) is 5.02 Å². The van der Waals surface area contributed by atoms with Gasteiger partial charge < -0.3 is 14.7 Å². The molecule has 0 amide bonds. The first kappa shape index (κ1) is 20.6. The molecule has 0 radical (unpaired) electrons. The summed E-state index contributed by atoms with van der Waals surface area (Å²) in [6, 6.07) is 7.58. The number of hydrogen-bond acceptors (Lipinski definition) is 4. The van der Waals surface area contributed by atoms with Crippen LogP contribution in [-0.2, 0) is 11.3 Å². The highest BCUT2D eigenvalue weighted by Gasteiger charge is 2.22. The van der Waals surface area contributed by atoms with Gasteiger partial charge in [0.05, 0.1) is 25.5 Å². The van der Waals surface area contributed by atoms with Gasteiger partial charge in [-0.1, -0.05) is 23.7 Å². The summed E-state index contributed by atoms with van der Waals surface area (Å²) >= 11 is 5.86. The van der Waals surface area contributed by atoms with E-state index in [1.807, 2.05) is 36.7 Å². The number of H-pyrrole nitrogens is 1. The molecule has 1 atom stereocenters. The molecule has 2 N–H and O–H groups in total. The van der Waals surface area contributed by atoms with E-state index < -0.39 is 6.10 Å². The highest BCUT2D eigenvalue weighted by Crippen LogP contribution is 2.27. The molecule has 2 aromatic rings. The van der Waals surface area contributed by atoms with Crippen molar-refractivity contribution in [3.63, 3.8) is 0 Å². The molecule has 0 saturated carbocycles. The molecule has 7 heteroatoms. The zero-order chi connectivity index (χ0) is 16.8. The van der Waals surface area contributed by atoms with Gasteiger partial charge in [0.15, 0.2) is 0 Å². The minimum absolute atomic E-state index is 0. The normalized spacial score (nSPS) is 17.2. The van der Waals surface area contributed by atoms with Gasteiger partial charge in [0.25, 0.3) is 0 Å². The van der Waals surface area contributed by atoms with Gasteiger partial charge >= 0.3 is 0 Å². The average Bonchev–Trinajstić information content (AvgIpc) is 3.12. The third kappa shape index (κ3) is 6.53. The third-order valence-corrected chi connectivity index (χ3v) is 4.79. The molecular weight excluding hydrogens is 453 g/mol. The Labute approximate surface area is 170 Å². The Bertz CT molecular complexity index is 601. The maximum absolute atomic E-state index is 10.2. The number of halogens is 2. The van der Waals surface area contributed by atoms with Crippen LogP contribution in [0.4, 0.5) is 0 Å². The monoisotopic (exact) mass is 477 g/mol. The van der Waals surface area contributed by atoms with Crippen LogP contribution in [0.3, 0.4) is 0 Å². The van der Waals surface area contributed by atoms with Crippen molar-refractivity contribution in [1.29, 1.82) is 0 Å². The van der Waals surface area contributed by atoms with E-state index in [0.717, 1.165) is 36.5 Å². The lowest BCUT2D eigenvalue weighted by Gasteiger charge is -2.32. The largest absolute Gasteiger partial charge is 0.389 e. The molecule has 0 bridgehead atoms. The fourth-order valence-corrected chi connectivity index (χ4v) is 3.30. The standard InChI is InChI=1S/C18H24ClN3O2.HI/c19-17-3-1-14(2-4-17)12-24-13-18(23)11-22-7-5-15(6-8-22)16-9-20-21-10-16;/h1-4,9-10,15,18,23H,5-8,11-13H2,(H,20,21);1H. The van der Waals surface area contributed by atoms with Crippen LogP contribution >= 0.6 is 35.6 Å². The second kappa shape index (κ2) is 10.5. The molecule has 2 heterocycles. The maximum Gasteiger partial charge on any atom is 0.0900 e. The smallest absolute Gasteiger partial charge is 0.0900 e. The van der Waals surface area contributed by atoms with Gasteiger partial charge in [-0.15, -0.1) is 24.0 Å². The summed E-state index contributed by atoms with van der Waals surface area (Å²) in [7, 11) is 0. The van der Waals surface area contributed by atoms with Gasteiger partial charge in [0.2, 0.25) is 0 Å². The number of benzene rings is 1. The van der Waals surface area contributed by atoms with Crippen LogP contribution in [0.5, 0.6) is 0 Å². The lowest BCUT2D eigenvalue weighted by Crippen LogP contribution is -2.39. The van der Waals surface area contributed by atoms with Crippen molar-refractivity contribution in [2.45, 2.75) is 31.5 Å². The quantitative estimate of drug-likeness (QED) is 0.600. The van der Waals surface area contributed by atoms with Crippen LogP contribution in [-0.4, -0.2) is 52.5 Å². The van der Waals surface area contributed by atoms with Gasteiger partial charge in [0, 0.05) is 17.8 Å². The lowest BCUT2D eigenvalue weighted by atomic mass is 9.91. The van der Waals surface area contributed by atoms with Crippen molar-refractivity contribution in [3.8, 4) is 0 Å². The molecule has 1 fully saturated rings. The number of β-amino-alcohol motifs (C(OH)–C–C–N with tert-alkyl or cyclic N) is 1. The first-order valence-corrected chi connectivity index (χ1v) is 8.80. The van der Waals surface area contributed by atoms with E-state index in [4.69, 9.17) is 16.3 Å². The molecule has 3 rings (SSSR count). The number of nitrogens with zero attached hydrogens (tertiary/aromatic N) is 2. The zero-order valence-electron chi connectivity index (χ0n) is 14.1. The summed E-state index contributed by atoms with van der Waals surface area (Å²) in [4.78, 5) is 2.31. The number of piperidine rings is 1. The van der Waals surface area contributed by atoms with Crippen molar-refractivity contribution < 1.29 is 9.84 Å². The first-order chi connectivity index (χ1) is 11.7. The summed E-state index contributed by atoms with van der Waals surface area (Å²) in [6.45, 7) is 3.52. The fourth-order valence-electron chi connectivity index (χ4n) is 3.18. The van der Waals surface area contributed by atoms with Crippen molar-refractivity contribution in [3.05, 3.63) is 52.8 Å². The van der Waals surface area contributed by atoms with Crippen molar-refractivity contribution in [1.82, 2.24) is 15.1 Å². The summed E-state index contributed by atoms with van der Waals surface area (Å²) in [5.74, 6) is 0.582. The van der Waals surface area contributed by atoms with Gasteiger partial charge in [-0.25, -0.2) is 0 Å². The predicted molar refractivity (Wildman–Crippen MR) is 110 cm³/mol. The molecule has 1 aliphatic heterocycles. The summed E-state index contributed by atoms with van der Waals surface area (Å²) in [5, 5.41) is 17.8. The van der Waals surface area contributed by atoms with Crippen LogP contribution < -0.4 is 0 Å². The molecule has 0 spiro atoms. The number of hydrogen-bond donors (Lipinski definition) is 2. The Balaban J connectivity index is 0.00000225. The molecular formula is C18H25ClIN3O2. The van der Waals surface area contributed by atoms with E-state index in [0.29, 0.717) is 25.7 Å². The van der Waals surface area contributed by atoms with E-state index in [1.165, 1.54) is 5.56 Å². The lowest BCUT2D eigenvalue weighted by molar-refractivity contribution is 0.00622. The van der Waals surface area contributed by atoms with Crippen LogP contribution in [0.15, 0.2) is 36.7 Å². The summed E-state index contributed by atoms with van der Waals surface area (Å²) in [5.41, 5.74) is 2.36. The Kier molecular flexibility index (Phi) is 8.65. The predicted octanol–water partition coefficient (Wildman–Crippen LogP) is 3.44. The van der Waals surface area contributed by atoms with Gasteiger partial charge in [-0.05, 0) is 55.1 Å². The minimum Gasteiger partial charge on any atom is -0.389 e. The van der Waals surface area contributed by atoms with E-state index in [1.54, 1.807) is 0 Å². The molecule has 0 aliphatic carbocycles. The van der Waals surface area contributed by atoms with E-state index in [9.17, 15) is 5.11 Å². The number of aromatic nitrogens is 2. The second-order valence-corrected chi connectivity index (χ2v) is 6.84. The average molecular weight is 478 g/mol.